The Morgan fingerprint density at radius 3 is 2.68 bits per heavy atom. The molecule has 0 bridgehead atoms. The van der Waals surface area contributed by atoms with E-state index in [1.807, 2.05) is 36.4 Å². The Morgan fingerprint density at radius 2 is 1.89 bits per heavy atom. The predicted octanol–water partition coefficient (Wildman–Crippen LogP) is 2.72. The molecule has 0 saturated heterocycles. The van der Waals surface area contributed by atoms with Gasteiger partial charge >= 0.3 is 5.97 Å². The van der Waals surface area contributed by atoms with Crippen molar-refractivity contribution in [2.45, 2.75) is 25.3 Å². The second kappa shape index (κ2) is 8.94. The molecule has 1 heterocycles. The summed E-state index contributed by atoms with van der Waals surface area (Å²) in [5, 5.41) is 13.0. The predicted molar refractivity (Wildman–Crippen MR) is 107 cm³/mol. The van der Waals surface area contributed by atoms with Crippen LogP contribution in [0.5, 0.6) is 5.75 Å². The Kier molecular flexibility index (Phi) is 6.16. The average molecular weight is 381 g/mol. The number of H-pyrrole nitrogens is 1. The van der Waals surface area contributed by atoms with Gasteiger partial charge in [0.1, 0.15) is 11.8 Å². The highest BCUT2D eigenvalue weighted by Crippen LogP contribution is 2.20. The molecule has 0 aliphatic rings. The van der Waals surface area contributed by atoms with Crippen LogP contribution in [0.2, 0.25) is 0 Å². The Labute approximate surface area is 162 Å². The van der Waals surface area contributed by atoms with E-state index < -0.39 is 12.0 Å². The average Bonchev–Trinajstić information content (AvgIpc) is 3.09. The van der Waals surface area contributed by atoms with Crippen LogP contribution in [0.15, 0.2) is 54.7 Å². The highest BCUT2D eigenvalue weighted by Gasteiger charge is 2.21. The molecular weight excluding hydrogens is 358 g/mol. The fourth-order valence-corrected chi connectivity index (χ4v) is 3.01. The number of amides is 1. The molecule has 7 heteroatoms. The maximum Gasteiger partial charge on any atom is 0.326 e. The highest BCUT2D eigenvalue weighted by molar-refractivity contribution is 5.86. The van der Waals surface area contributed by atoms with Crippen molar-refractivity contribution in [1.29, 1.82) is 0 Å². The van der Waals surface area contributed by atoms with Crippen LogP contribution in [0.25, 0.3) is 10.9 Å². The van der Waals surface area contributed by atoms with Gasteiger partial charge < -0.3 is 25.9 Å². The number of aromatic nitrogens is 1. The lowest BCUT2D eigenvalue weighted by Gasteiger charge is -2.14. The lowest BCUT2D eigenvalue weighted by Crippen LogP contribution is -2.42. The second-order valence-corrected chi connectivity index (χ2v) is 6.51. The number of benzene rings is 2. The number of carbonyl (C=O) groups excluding carboxylic acids is 1. The Morgan fingerprint density at radius 1 is 1.14 bits per heavy atom. The molecule has 3 rings (SSSR count). The molecule has 0 aliphatic carbocycles. The fraction of sp³-hybridized carbons (Fsp3) is 0.238. The van der Waals surface area contributed by atoms with E-state index in [1.54, 1.807) is 18.3 Å². The molecule has 1 amide bonds. The van der Waals surface area contributed by atoms with E-state index in [4.69, 9.17) is 10.5 Å². The summed E-state index contributed by atoms with van der Waals surface area (Å²) in [4.78, 5) is 26.9. The zero-order valence-electron chi connectivity index (χ0n) is 15.4. The monoisotopic (exact) mass is 381 g/mol. The minimum atomic E-state index is -1.06. The van der Waals surface area contributed by atoms with E-state index in [0.717, 1.165) is 16.5 Å². The van der Waals surface area contributed by atoms with Crippen LogP contribution in [-0.2, 0) is 16.0 Å². The van der Waals surface area contributed by atoms with Gasteiger partial charge in [0.25, 0.3) is 0 Å². The molecule has 7 nitrogen and oxygen atoms in total. The van der Waals surface area contributed by atoms with Gasteiger partial charge in [0, 0.05) is 29.9 Å². The lowest BCUT2D eigenvalue weighted by molar-refractivity contribution is -0.141. The van der Waals surface area contributed by atoms with Crippen LogP contribution in [0.1, 0.15) is 18.4 Å². The zero-order valence-corrected chi connectivity index (χ0v) is 15.4. The van der Waals surface area contributed by atoms with Crippen molar-refractivity contribution < 1.29 is 19.4 Å². The summed E-state index contributed by atoms with van der Waals surface area (Å²) in [5.41, 5.74) is 8.12. The Hall–Kier alpha value is -3.48. The van der Waals surface area contributed by atoms with Crippen molar-refractivity contribution in [3.63, 3.8) is 0 Å². The van der Waals surface area contributed by atoms with Gasteiger partial charge in [-0.2, -0.15) is 0 Å². The summed E-state index contributed by atoms with van der Waals surface area (Å²) in [5.74, 6) is -0.811. The number of aliphatic carboxylic acids is 1. The molecule has 146 valence electrons. The summed E-state index contributed by atoms with van der Waals surface area (Å²) in [6, 6.07) is 13.8. The third-order valence-electron chi connectivity index (χ3n) is 4.46. The molecular formula is C21H23N3O4. The van der Waals surface area contributed by atoms with Crippen molar-refractivity contribution >= 4 is 28.5 Å². The first-order valence-electron chi connectivity index (χ1n) is 9.09. The number of hydrogen-bond donors (Lipinski definition) is 4. The number of nitrogen functional groups attached to an aromatic ring is 1. The summed E-state index contributed by atoms with van der Waals surface area (Å²) >= 11 is 0. The number of carboxylic acids is 1. The first-order valence-corrected chi connectivity index (χ1v) is 9.09. The molecule has 0 radical (unpaired) electrons. The van der Waals surface area contributed by atoms with Gasteiger partial charge in [-0.25, -0.2) is 4.79 Å². The van der Waals surface area contributed by atoms with Crippen LogP contribution < -0.4 is 15.8 Å². The standard InChI is InChI=1S/C21H23N3O4/c22-16-7-2-4-9-19(16)28-11-5-10-20(25)24-18(21(26)27)12-14-13-23-17-8-3-1-6-15(14)17/h1-4,6-9,13,18,23H,5,10-12,22H2,(H,24,25)(H,26,27). The van der Waals surface area contributed by atoms with Crippen molar-refractivity contribution in [2.75, 3.05) is 12.3 Å². The molecule has 2 aromatic carbocycles. The number of carbonyl (C=O) groups is 2. The van der Waals surface area contributed by atoms with Gasteiger partial charge in [0.05, 0.1) is 12.3 Å². The van der Waals surface area contributed by atoms with Crippen molar-refractivity contribution in [2.24, 2.45) is 0 Å². The lowest BCUT2D eigenvalue weighted by atomic mass is 10.0. The van der Waals surface area contributed by atoms with Crippen LogP contribution in [0, 0.1) is 0 Å². The Bertz CT molecular complexity index is 967. The van der Waals surface area contributed by atoms with Crippen LogP contribution >= 0.6 is 0 Å². The van der Waals surface area contributed by atoms with E-state index in [1.165, 1.54) is 0 Å². The third-order valence-corrected chi connectivity index (χ3v) is 4.46. The summed E-state index contributed by atoms with van der Waals surface area (Å²) in [6.45, 7) is 0.321. The Balaban J connectivity index is 1.50. The van der Waals surface area contributed by atoms with Crippen molar-refractivity contribution in [3.05, 3.63) is 60.3 Å². The molecule has 0 spiro atoms. The molecule has 1 atom stereocenters. The van der Waals surface area contributed by atoms with Gasteiger partial charge in [-0.05, 0) is 30.2 Å². The third kappa shape index (κ3) is 4.82. The number of fused-ring (bicyclic) bond motifs is 1. The molecule has 0 saturated carbocycles. The van der Waals surface area contributed by atoms with Crippen LogP contribution in [0.4, 0.5) is 5.69 Å². The van der Waals surface area contributed by atoms with Crippen molar-refractivity contribution in [1.82, 2.24) is 10.3 Å². The van der Waals surface area contributed by atoms with E-state index >= 15 is 0 Å². The first kappa shape index (κ1) is 19.3. The number of rotatable bonds is 9. The highest BCUT2D eigenvalue weighted by atomic mass is 16.5. The van der Waals surface area contributed by atoms with Gasteiger partial charge in [0.15, 0.2) is 0 Å². The maximum atomic E-state index is 12.2. The molecule has 5 N–H and O–H groups in total. The number of hydrogen-bond acceptors (Lipinski definition) is 4. The first-order chi connectivity index (χ1) is 13.5. The largest absolute Gasteiger partial charge is 0.491 e. The fourth-order valence-electron chi connectivity index (χ4n) is 3.01. The number of nitrogens with two attached hydrogens (primary N) is 1. The molecule has 1 aromatic heterocycles. The maximum absolute atomic E-state index is 12.2. The van der Waals surface area contributed by atoms with Gasteiger partial charge in [-0.3, -0.25) is 4.79 Å². The second-order valence-electron chi connectivity index (χ2n) is 6.51. The molecule has 0 aliphatic heterocycles. The van der Waals surface area contributed by atoms with E-state index in [9.17, 15) is 14.7 Å². The summed E-state index contributed by atoms with van der Waals surface area (Å²) in [7, 11) is 0. The normalized spacial score (nSPS) is 11.9. The summed E-state index contributed by atoms with van der Waals surface area (Å²) < 4.78 is 5.55. The summed E-state index contributed by atoms with van der Waals surface area (Å²) in [6.07, 6.45) is 2.62. The van der Waals surface area contributed by atoms with Gasteiger partial charge in [-0.15, -0.1) is 0 Å². The molecule has 28 heavy (non-hydrogen) atoms. The number of ether oxygens (including phenoxy) is 1. The van der Waals surface area contributed by atoms with E-state index in [-0.39, 0.29) is 18.7 Å². The molecule has 3 aromatic rings. The van der Waals surface area contributed by atoms with Crippen LogP contribution in [0.3, 0.4) is 0 Å². The number of aromatic amines is 1. The molecule has 0 fully saturated rings. The van der Waals surface area contributed by atoms with Gasteiger partial charge in [-0.1, -0.05) is 30.3 Å². The van der Waals surface area contributed by atoms with E-state index in [0.29, 0.717) is 24.5 Å². The smallest absolute Gasteiger partial charge is 0.326 e. The topological polar surface area (TPSA) is 117 Å². The quantitative estimate of drug-likeness (QED) is 0.336. The number of para-hydroxylation sites is 3. The molecule has 1 unspecified atom stereocenters. The van der Waals surface area contributed by atoms with Crippen LogP contribution in [-0.4, -0.2) is 34.6 Å². The van der Waals surface area contributed by atoms with Crippen molar-refractivity contribution in [3.8, 4) is 5.75 Å². The number of nitrogens with one attached hydrogen (secondary N) is 2. The zero-order chi connectivity index (χ0) is 19.9. The minimum absolute atomic E-state index is 0.171. The van der Waals surface area contributed by atoms with E-state index in [2.05, 4.69) is 10.3 Å². The number of anilines is 1. The minimum Gasteiger partial charge on any atom is -0.491 e. The number of carboxylic acid groups (broad SMARTS) is 1. The SMILES string of the molecule is Nc1ccccc1OCCCC(=O)NC(Cc1c[nH]c2ccccc12)C(=O)O. The van der Waals surface area contributed by atoms with Gasteiger partial charge in [0.2, 0.25) is 5.91 Å².